The molecule has 1 heterocycles. The van der Waals surface area contributed by atoms with Crippen molar-refractivity contribution in [3.63, 3.8) is 0 Å². The number of sulfonamides is 1. The molecule has 0 unspecified atom stereocenters. The average molecular weight is 439 g/mol. The molecule has 0 saturated heterocycles. The molecule has 8 heteroatoms. The van der Waals surface area contributed by atoms with Crippen molar-refractivity contribution in [2.24, 2.45) is 5.92 Å². The van der Waals surface area contributed by atoms with Crippen LogP contribution in [0, 0.1) is 5.92 Å². The Morgan fingerprint density at radius 1 is 1.07 bits per heavy atom. The van der Waals surface area contributed by atoms with E-state index in [1.54, 1.807) is 17.0 Å². The summed E-state index contributed by atoms with van der Waals surface area (Å²) < 4.78 is 28.1. The van der Waals surface area contributed by atoms with Crippen molar-refractivity contribution in [1.29, 1.82) is 0 Å². The first-order valence-corrected chi connectivity index (χ1v) is 11.5. The van der Waals surface area contributed by atoms with E-state index < -0.39 is 10.0 Å². The molecule has 2 aromatic rings. The maximum absolute atomic E-state index is 12.9. The molecule has 1 N–H and O–H groups in total. The maximum atomic E-state index is 12.9. The van der Waals surface area contributed by atoms with Crippen molar-refractivity contribution in [3.05, 3.63) is 52.0 Å². The Morgan fingerprint density at radius 2 is 1.82 bits per heavy atom. The number of benzene rings is 2. The van der Waals surface area contributed by atoms with Crippen molar-refractivity contribution in [1.82, 2.24) is 0 Å². The van der Waals surface area contributed by atoms with E-state index in [9.17, 15) is 13.2 Å². The third kappa shape index (κ3) is 3.73. The van der Waals surface area contributed by atoms with Crippen LogP contribution in [0.5, 0.6) is 0 Å². The summed E-state index contributed by atoms with van der Waals surface area (Å²) in [6.07, 6.45) is 4.84. The molecule has 1 aliphatic carbocycles. The fraction of sp³-hybridized carbons (Fsp3) is 0.350. The van der Waals surface area contributed by atoms with Gasteiger partial charge >= 0.3 is 0 Å². The number of nitrogens with zero attached hydrogens (tertiary/aromatic N) is 1. The molecule has 4 rings (SSSR count). The van der Waals surface area contributed by atoms with Gasteiger partial charge in [-0.3, -0.25) is 9.52 Å². The molecule has 1 fully saturated rings. The molecule has 5 nitrogen and oxygen atoms in total. The minimum absolute atomic E-state index is 0.0802. The third-order valence-corrected chi connectivity index (χ3v) is 7.48. The summed E-state index contributed by atoms with van der Waals surface area (Å²) in [5.41, 5.74) is 2.23. The average Bonchev–Trinajstić information content (AvgIpc) is 3.32. The molecule has 0 atom stereocenters. The van der Waals surface area contributed by atoms with Crippen molar-refractivity contribution in [3.8, 4) is 0 Å². The van der Waals surface area contributed by atoms with Gasteiger partial charge in [0, 0.05) is 23.2 Å². The van der Waals surface area contributed by atoms with Gasteiger partial charge in [0.1, 0.15) is 4.90 Å². The molecule has 0 bridgehead atoms. The van der Waals surface area contributed by atoms with E-state index in [1.807, 2.05) is 6.07 Å². The molecular weight excluding hydrogens is 419 g/mol. The second-order valence-electron chi connectivity index (χ2n) is 7.24. The van der Waals surface area contributed by atoms with Crippen LogP contribution in [0.3, 0.4) is 0 Å². The van der Waals surface area contributed by atoms with E-state index >= 15 is 0 Å². The molecular formula is C20H20Cl2N2O3S. The summed E-state index contributed by atoms with van der Waals surface area (Å²) in [6, 6.07) is 9.60. The lowest BCUT2D eigenvalue weighted by Gasteiger charge is -2.22. The zero-order chi connectivity index (χ0) is 19.9. The highest BCUT2D eigenvalue weighted by molar-refractivity contribution is 7.92. The molecule has 0 aromatic heterocycles. The number of anilines is 2. The first-order chi connectivity index (χ1) is 13.3. The number of halogens is 2. The topological polar surface area (TPSA) is 66.5 Å². The zero-order valence-electron chi connectivity index (χ0n) is 15.1. The molecule has 2 aliphatic rings. The normalized spacial score (nSPS) is 17.0. The summed E-state index contributed by atoms with van der Waals surface area (Å²) in [6.45, 7) is 0.640. The number of amides is 1. The standard InChI is InChI=1S/C20H20Cl2N2O3S/c21-15-6-8-17(22)19(11-15)28(26,27)23-16-7-5-13-9-10-24(18(13)12-16)20(25)14-3-1-2-4-14/h5-8,11-12,14,23H,1-4,9-10H2. The minimum Gasteiger partial charge on any atom is -0.312 e. The fourth-order valence-electron chi connectivity index (χ4n) is 3.96. The summed E-state index contributed by atoms with van der Waals surface area (Å²) >= 11 is 12.0. The van der Waals surface area contributed by atoms with Gasteiger partial charge in [0.2, 0.25) is 5.91 Å². The monoisotopic (exact) mass is 438 g/mol. The molecule has 1 amide bonds. The maximum Gasteiger partial charge on any atom is 0.263 e. The Bertz CT molecular complexity index is 1030. The lowest BCUT2D eigenvalue weighted by molar-refractivity contribution is -0.122. The molecule has 2 aromatic carbocycles. The lowest BCUT2D eigenvalue weighted by atomic mass is 10.1. The molecule has 0 radical (unpaired) electrons. The molecule has 1 aliphatic heterocycles. The highest BCUT2D eigenvalue weighted by Gasteiger charge is 2.32. The van der Waals surface area contributed by atoms with Crippen LogP contribution in [0.1, 0.15) is 31.2 Å². The number of rotatable bonds is 4. The van der Waals surface area contributed by atoms with Crippen molar-refractivity contribution in [2.75, 3.05) is 16.2 Å². The Balaban J connectivity index is 1.61. The quantitative estimate of drug-likeness (QED) is 0.739. The van der Waals surface area contributed by atoms with Gasteiger partial charge in [-0.15, -0.1) is 0 Å². The van der Waals surface area contributed by atoms with Crippen LogP contribution in [0.2, 0.25) is 10.0 Å². The second kappa shape index (κ2) is 7.58. The van der Waals surface area contributed by atoms with Crippen molar-refractivity contribution < 1.29 is 13.2 Å². The molecule has 148 valence electrons. The Labute approximate surface area is 174 Å². The number of carbonyl (C=O) groups is 1. The fourth-order valence-corrected chi connectivity index (χ4v) is 5.77. The summed E-state index contributed by atoms with van der Waals surface area (Å²) in [4.78, 5) is 14.6. The van der Waals surface area contributed by atoms with Gasteiger partial charge < -0.3 is 4.90 Å². The van der Waals surface area contributed by atoms with Gasteiger partial charge in [-0.05, 0) is 55.2 Å². The number of hydrogen-bond acceptors (Lipinski definition) is 3. The van der Waals surface area contributed by atoms with Gasteiger partial charge in [0.25, 0.3) is 10.0 Å². The Morgan fingerprint density at radius 3 is 2.57 bits per heavy atom. The Kier molecular flexibility index (Phi) is 5.29. The van der Waals surface area contributed by atoms with Crippen LogP contribution >= 0.6 is 23.2 Å². The van der Waals surface area contributed by atoms with Crippen LogP contribution in [-0.2, 0) is 21.2 Å². The van der Waals surface area contributed by atoms with Crippen molar-refractivity contribution >= 4 is 50.5 Å². The van der Waals surface area contributed by atoms with Crippen LogP contribution in [0.15, 0.2) is 41.3 Å². The van der Waals surface area contributed by atoms with Gasteiger partial charge in [0.15, 0.2) is 0 Å². The number of carbonyl (C=O) groups excluding carboxylic acids is 1. The number of hydrogen-bond donors (Lipinski definition) is 1. The molecule has 1 saturated carbocycles. The van der Waals surface area contributed by atoms with Gasteiger partial charge in [-0.25, -0.2) is 8.42 Å². The Hall–Kier alpha value is -1.76. The number of nitrogens with one attached hydrogen (secondary N) is 1. The first kappa shape index (κ1) is 19.6. The van der Waals surface area contributed by atoms with Crippen molar-refractivity contribution in [2.45, 2.75) is 37.0 Å². The first-order valence-electron chi connectivity index (χ1n) is 9.27. The number of fused-ring (bicyclic) bond motifs is 1. The predicted octanol–water partition coefficient (Wildman–Crippen LogP) is 4.87. The zero-order valence-corrected chi connectivity index (χ0v) is 17.4. The molecule has 28 heavy (non-hydrogen) atoms. The highest BCUT2D eigenvalue weighted by atomic mass is 35.5. The van der Waals surface area contributed by atoms with E-state index in [1.165, 1.54) is 18.2 Å². The predicted molar refractivity (Wildman–Crippen MR) is 112 cm³/mol. The highest BCUT2D eigenvalue weighted by Crippen LogP contribution is 2.36. The van der Waals surface area contributed by atoms with Gasteiger partial charge in [-0.1, -0.05) is 42.1 Å². The molecule has 0 spiro atoms. The summed E-state index contributed by atoms with van der Waals surface area (Å²) in [5, 5.41) is 0.378. The van der Waals surface area contributed by atoms with E-state index in [4.69, 9.17) is 23.2 Å². The van der Waals surface area contributed by atoms with E-state index in [-0.39, 0.29) is 26.8 Å². The van der Waals surface area contributed by atoms with Crippen LogP contribution in [0.4, 0.5) is 11.4 Å². The third-order valence-electron chi connectivity index (χ3n) is 5.39. The SMILES string of the molecule is O=C(C1CCCC1)N1CCc2ccc(NS(=O)(=O)c3cc(Cl)ccc3Cl)cc21. The van der Waals surface area contributed by atoms with Crippen LogP contribution in [-0.4, -0.2) is 20.9 Å². The van der Waals surface area contributed by atoms with Crippen LogP contribution < -0.4 is 9.62 Å². The largest absolute Gasteiger partial charge is 0.312 e. The summed E-state index contributed by atoms with van der Waals surface area (Å²) in [7, 11) is -3.91. The second-order valence-corrected chi connectivity index (χ2v) is 9.74. The lowest BCUT2D eigenvalue weighted by Crippen LogP contribution is -2.33. The van der Waals surface area contributed by atoms with E-state index in [2.05, 4.69) is 4.72 Å². The van der Waals surface area contributed by atoms with E-state index in [0.717, 1.165) is 43.4 Å². The minimum atomic E-state index is -3.91. The van der Waals surface area contributed by atoms with Gasteiger partial charge in [0.05, 0.1) is 10.7 Å². The van der Waals surface area contributed by atoms with Crippen LogP contribution in [0.25, 0.3) is 0 Å². The van der Waals surface area contributed by atoms with Gasteiger partial charge in [-0.2, -0.15) is 0 Å². The van der Waals surface area contributed by atoms with E-state index in [0.29, 0.717) is 12.2 Å². The summed E-state index contributed by atoms with van der Waals surface area (Å²) in [5.74, 6) is 0.228. The smallest absolute Gasteiger partial charge is 0.263 e.